The molecule has 1 saturated heterocycles. The zero-order chi connectivity index (χ0) is 23.5. The van der Waals surface area contributed by atoms with Crippen LogP contribution < -0.4 is 9.61 Å². The number of carbonyl (C=O) groups is 1. The molecule has 32 heavy (non-hydrogen) atoms. The Kier molecular flexibility index (Phi) is 7.46. The molecule has 1 N–H and O–H groups in total. The summed E-state index contributed by atoms with van der Waals surface area (Å²) in [7, 11) is -3.72. The predicted octanol–water partition coefficient (Wildman–Crippen LogP) is 2.73. The molecule has 176 valence electrons. The van der Waals surface area contributed by atoms with E-state index in [4.69, 9.17) is 4.74 Å². The van der Waals surface area contributed by atoms with Crippen LogP contribution in [0, 0.1) is 6.92 Å². The van der Waals surface area contributed by atoms with Gasteiger partial charge in [0.2, 0.25) is 5.91 Å². The van der Waals surface area contributed by atoms with Crippen LogP contribution in [0.25, 0.3) is 0 Å². The smallest absolute Gasteiger partial charge is 0.305 e. The molecule has 2 heterocycles. The number of aromatic nitrogens is 1. The average molecular weight is 482 g/mol. The summed E-state index contributed by atoms with van der Waals surface area (Å²) in [6.45, 7) is 9.62. The second kappa shape index (κ2) is 9.76. The molecule has 1 aromatic carbocycles. The highest BCUT2D eigenvalue weighted by molar-refractivity contribution is 7.91. The maximum absolute atomic E-state index is 12.8. The van der Waals surface area contributed by atoms with Gasteiger partial charge in [0, 0.05) is 38.3 Å². The quantitative estimate of drug-likeness (QED) is 0.613. The molecule has 0 radical (unpaired) electrons. The summed E-state index contributed by atoms with van der Waals surface area (Å²) in [4.78, 5) is 27.8. The van der Waals surface area contributed by atoms with Crippen LogP contribution in [-0.2, 0) is 20.2 Å². The lowest BCUT2D eigenvalue weighted by molar-refractivity contribution is -0.132. The van der Waals surface area contributed by atoms with Crippen molar-refractivity contribution in [2.24, 2.45) is 0 Å². The fourth-order valence-corrected chi connectivity index (χ4v) is 6.41. The maximum atomic E-state index is 12.8. The molecule has 1 fully saturated rings. The molecule has 1 amide bonds. The van der Waals surface area contributed by atoms with Gasteiger partial charge >= 0.3 is 4.87 Å². The minimum Gasteiger partial charge on any atom is -0.494 e. The van der Waals surface area contributed by atoms with E-state index in [2.05, 4.69) is 37.9 Å². The molecule has 0 atom stereocenters. The Balaban J connectivity index is 1.43. The fourth-order valence-electron chi connectivity index (χ4n) is 3.55. The lowest BCUT2D eigenvalue weighted by Crippen LogP contribution is -2.50. The van der Waals surface area contributed by atoms with Crippen molar-refractivity contribution in [3.05, 3.63) is 45.2 Å². The third-order valence-electron chi connectivity index (χ3n) is 5.47. The van der Waals surface area contributed by atoms with Crippen LogP contribution >= 0.6 is 11.3 Å². The van der Waals surface area contributed by atoms with Gasteiger partial charge in [0.1, 0.15) is 5.75 Å². The lowest BCUT2D eigenvalue weighted by atomic mass is 9.87. The third kappa shape index (κ3) is 5.79. The number of hydrogen-bond donors (Lipinski definition) is 1. The van der Waals surface area contributed by atoms with E-state index in [0.29, 0.717) is 49.6 Å². The number of amides is 1. The van der Waals surface area contributed by atoms with E-state index in [-0.39, 0.29) is 33.5 Å². The van der Waals surface area contributed by atoms with Crippen LogP contribution in [0.15, 0.2) is 33.3 Å². The molecule has 1 aromatic heterocycles. The number of sulfonamides is 1. The van der Waals surface area contributed by atoms with Crippen LogP contribution in [0.1, 0.15) is 44.9 Å². The summed E-state index contributed by atoms with van der Waals surface area (Å²) >= 11 is 0.700. The summed E-state index contributed by atoms with van der Waals surface area (Å²) in [5, 5.41) is 0. The van der Waals surface area contributed by atoms with Crippen LogP contribution in [-0.4, -0.2) is 61.3 Å². The molecule has 0 aliphatic carbocycles. The van der Waals surface area contributed by atoms with Gasteiger partial charge < -0.3 is 14.6 Å². The van der Waals surface area contributed by atoms with Gasteiger partial charge in [-0.3, -0.25) is 9.59 Å². The highest BCUT2D eigenvalue weighted by Crippen LogP contribution is 2.25. The molecular weight excluding hydrogens is 450 g/mol. The van der Waals surface area contributed by atoms with E-state index >= 15 is 0 Å². The van der Waals surface area contributed by atoms with Gasteiger partial charge in [-0.15, -0.1) is 0 Å². The van der Waals surface area contributed by atoms with E-state index in [1.165, 1.54) is 9.87 Å². The minimum atomic E-state index is -3.72. The number of ether oxygens (including phenoxy) is 1. The van der Waals surface area contributed by atoms with E-state index in [9.17, 15) is 18.0 Å². The number of piperazine rings is 1. The number of thiazole rings is 1. The van der Waals surface area contributed by atoms with Gasteiger partial charge in [-0.25, -0.2) is 8.42 Å². The summed E-state index contributed by atoms with van der Waals surface area (Å²) in [6, 6.07) is 8.01. The second-order valence-corrected chi connectivity index (χ2v) is 12.1. The van der Waals surface area contributed by atoms with Gasteiger partial charge in [-0.05, 0) is 36.5 Å². The first-order valence-corrected chi connectivity index (χ1v) is 12.9. The normalized spacial score (nSPS) is 15.7. The van der Waals surface area contributed by atoms with Crippen molar-refractivity contribution >= 4 is 27.3 Å². The molecule has 0 bridgehead atoms. The third-order valence-corrected chi connectivity index (χ3v) is 8.95. The summed E-state index contributed by atoms with van der Waals surface area (Å²) in [5.74, 6) is 0.780. The van der Waals surface area contributed by atoms with Crippen LogP contribution in [0.4, 0.5) is 0 Å². The van der Waals surface area contributed by atoms with Crippen molar-refractivity contribution in [2.75, 3.05) is 32.8 Å². The Morgan fingerprint density at radius 1 is 1.12 bits per heavy atom. The van der Waals surface area contributed by atoms with E-state index in [0.717, 1.165) is 5.75 Å². The second-order valence-electron chi connectivity index (χ2n) is 8.94. The minimum absolute atomic E-state index is 0.00351. The van der Waals surface area contributed by atoms with Gasteiger partial charge in [0.25, 0.3) is 10.0 Å². The Hall–Kier alpha value is -2.17. The van der Waals surface area contributed by atoms with Crippen molar-refractivity contribution in [1.82, 2.24) is 14.2 Å². The topological polar surface area (TPSA) is 99.8 Å². The van der Waals surface area contributed by atoms with Gasteiger partial charge in [-0.1, -0.05) is 44.2 Å². The largest absolute Gasteiger partial charge is 0.494 e. The van der Waals surface area contributed by atoms with Crippen LogP contribution in [0.2, 0.25) is 0 Å². The number of aryl methyl sites for hydroxylation is 1. The molecule has 0 spiro atoms. The molecule has 1 aliphatic rings. The molecule has 0 saturated carbocycles. The average Bonchev–Trinajstić information content (AvgIpc) is 3.09. The number of benzene rings is 1. The molecule has 0 unspecified atom stereocenters. The summed E-state index contributed by atoms with van der Waals surface area (Å²) in [6.07, 6.45) is 0.945. The predicted molar refractivity (Wildman–Crippen MR) is 125 cm³/mol. The first kappa shape index (κ1) is 24.5. The van der Waals surface area contributed by atoms with Gasteiger partial charge in [-0.2, -0.15) is 4.31 Å². The van der Waals surface area contributed by atoms with Crippen molar-refractivity contribution in [2.45, 2.75) is 50.2 Å². The van der Waals surface area contributed by atoms with Crippen molar-refractivity contribution in [3.8, 4) is 5.75 Å². The number of carbonyl (C=O) groups excluding carboxylic acids is 1. The monoisotopic (exact) mass is 481 g/mol. The molecule has 2 aromatic rings. The van der Waals surface area contributed by atoms with Crippen molar-refractivity contribution in [1.29, 1.82) is 0 Å². The fraction of sp³-hybridized carbons (Fsp3) is 0.545. The highest BCUT2D eigenvalue weighted by Gasteiger charge is 2.32. The Labute approximate surface area is 193 Å². The number of H-pyrrole nitrogens is 1. The van der Waals surface area contributed by atoms with Crippen molar-refractivity contribution < 1.29 is 17.9 Å². The zero-order valence-corrected chi connectivity index (χ0v) is 20.6. The number of rotatable bonds is 7. The van der Waals surface area contributed by atoms with E-state index in [1.54, 1.807) is 11.8 Å². The molecule has 8 nitrogen and oxygen atoms in total. The zero-order valence-electron chi connectivity index (χ0n) is 19.0. The Morgan fingerprint density at radius 2 is 1.75 bits per heavy atom. The number of hydrogen-bond acceptors (Lipinski definition) is 6. The standard InChI is InChI=1S/C22H31N3O5S2/c1-16-20(31-21(27)23-16)32(28,29)25-13-11-24(12-14-25)19(26)6-5-15-30-18-9-7-17(8-10-18)22(2,3)4/h7-10H,5-6,11-15H2,1-4H3,(H,23,27). The number of nitrogens with zero attached hydrogens (tertiary/aromatic N) is 2. The van der Waals surface area contributed by atoms with E-state index < -0.39 is 10.0 Å². The highest BCUT2D eigenvalue weighted by atomic mass is 32.2. The first-order valence-electron chi connectivity index (χ1n) is 10.7. The number of nitrogens with one attached hydrogen (secondary N) is 1. The van der Waals surface area contributed by atoms with Crippen molar-refractivity contribution in [3.63, 3.8) is 0 Å². The van der Waals surface area contributed by atoms with Crippen LogP contribution in [0.5, 0.6) is 5.75 Å². The first-order chi connectivity index (χ1) is 15.0. The summed E-state index contributed by atoms with van der Waals surface area (Å²) < 4.78 is 32.7. The van der Waals surface area contributed by atoms with E-state index in [1.807, 2.05) is 12.1 Å². The molecule has 3 rings (SSSR count). The molecule has 1 aliphatic heterocycles. The van der Waals surface area contributed by atoms with Gasteiger partial charge in [0.15, 0.2) is 4.21 Å². The SMILES string of the molecule is Cc1[nH]c(=O)sc1S(=O)(=O)N1CCN(C(=O)CCCOc2ccc(C(C)(C)C)cc2)CC1. The Morgan fingerprint density at radius 3 is 2.28 bits per heavy atom. The maximum Gasteiger partial charge on any atom is 0.305 e. The molecule has 10 heteroatoms. The van der Waals surface area contributed by atoms with Crippen LogP contribution in [0.3, 0.4) is 0 Å². The number of aromatic amines is 1. The lowest BCUT2D eigenvalue weighted by Gasteiger charge is -2.33. The Bertz CT molecular complexity index is 1090. The summed E-state index contributed by atoms with van der Waals surface area (Å²) in [5.41, 5.74) is 1.68. The molecular formula is C22H31N3O5S2. The van der Waals surface area contributed by atoms with Gasteiger partial charge in [0.05, 0.1) is 6.61 Å².